The summed E-state index contributed by atoms with van der Waals surface area (Å²) in [6.45, 7) is 3.79. The lowest BCUT2D eigenvalue weighted by molar-refractivity contribution is 0.719. The Morgan fingerprint density at radius 2 is 1.81 bits per heavy atom. The molecule has 0 atom stereocenters. The van der Waals surface area contributed by atoms with Gasteiger partial charge in [0.2, 0.25) is 5.95 Å². The van der Waals surface area contributed by atoms with Gasteiger partial charge in [0.05, 0.1) is 11.6 Å². The SMILES string of the molecule is Cc1cc(N2CCc3ccccc3C2)nc(Nc2ccc(C#N)cc2)n1. The quantitative estimate of drug-likeness (QED) is 0.781. The maximum absolute atomic E-state index is 8.90. The van der Waals surface area contributed by atoms with Crippen LogP contribution in [0.2, 0.25) is 0 Å². The van der Waals surface area contributed by atoms with E-state index in [0.717, 1.165) is 36.7 Å². The van der Waals surface area contributed by atoms with Gasteiger partial charge in [-0.2, -0.15) is 10.2 Å². The Balaban J connectivity index is 1.57. The number of hydrogen-bond acceptors (Lipinski definition) is 5. The molecular weight excluding hydrogens is 322 g/mol. The Morgan fingerprint density at radius 1 is 1.04 bits per heavy atom. The lowest BCUT2D eigenvalue weighted by atomic mass is 10.00. The number of nitrogens with zero attached hydrogens (tertiary/aromatic N) is 4. The minimum atomic E-state index is 0.573. The maximum atomic E-state index is 8.90. The fourth-order valence-electron chi connectivity index (χ4n) is 3.22. The number of anilines is 3. The number of nitrogens with one attached hydrogen (secondary N) is 1. The monoisotopic (exact) mass is 341 g/mol. The van der Waals surface area contributed by atoms with Crippen molar-refractivity contribution in [2.45, 2.75) is 19.9 Å². The van der Waals surface area contributed by atoms with Gasteiger partial charge in [-0.15, -0.1) is 0 Å². The summed E-state index contributed by atoms with van der Waals surface area (Å²) in [5.74, 6) is 1.51. The van der Waals surface area contributed by atoms with Crippen molar-refractivity contribution in [1.29, 1.82) is 5.26 Å². The van der Waals surface area contributed by atoms with Gasteiger partial charge < -0.3 is 10.2 Å². The molecular formula is C21H19N5. The number of benzene rings is 2. The molecule has 0 unspecified atom stereocenters. The third-order valence-electron chi connectivity index (χ3n) is 4.57. The molecule has 2 aromatic carbocycles. The molecule has 1 aromatic heterocycles. The standard InChI is InChI=1S/C21H19N5/c1-15-12-20(26-11-10-17-4-2-3-5-18(17)14-26)25-21(23-15)24-19-8-6-16(13-22)7-9-19/h2-9,12H,10-11,14H2,1H3,(H,23,24,25). The number of rotatable bonds is 3. The number of aryl methyl sites for hydroxylation is 1. The van der Waals surface area contributed by atoms with Gasteiger partial charge in [-0.3, -0.25) is 0 Å². The molecule has 0 fully saturated rings. The molecule has 1 aliphatic rings. The second-order valence-electron chi connectivity index (χ2n) is 6.45. The van der Waals surface area contributed by atoms with Crippen LogP contribution in [0.5, 0.6) is 0 Å². The normalized spacial score (nSPS) is 13.0. The predicted octanol–water partition coefficient (Wildman–Crippen LogP) is 3.96. The highest BCUT2D eigenvalue weighted by atomic mass is 15.2. The fourth-order valence-corrected chi connectivity index (χ4v) is 3.22. The molecule has 1 aliphatic heterocycles. The summed E-state index contributed by atoms with van der Waals surface area (Å²) < 4.78 is 0. The number of aromatic nitrogens is 2. The van der Waals surface area contributed by atoms with E-state index < -0.39 is 0 Å². The topological polar surface area (TPSA) is 64.8 Å². The van der Waals surface area contributed by atoms with Crippen LogP contribution < -0.4 is 10.2 Å². The van der Waals surface area contributed by atoms with Crippen molar-refractivity contribution < 1.29 is 0 Å². The Labute approximate surface area is 153 Å². The highest BCUT2D eigenvalue weighted by Crippen LogP contribution is 2.25. The van der Waals surface area contributed by atoms with Crippen LogP contribution in [0.15, 0.2) is 54.6 Å². The summed E-state index contributed by atoms with van der Waals surface area (Å²) in [6, 6.07) is 20.0. The third-order valence-corrected chi connectivity index (χ3v) is 4.57. The van der Waals surface area contributed by atoms with E-state index in [-0.39, 0.29) is 0 Å². The van der Waals surface area contributed by atoms with Crippen LogP contribution in [0.3, 0.4) is 0 Å². The van der Waals surface area contributed by atoms with Crippen LogP contribution in [0.4, 0.5) is 17.5 Å². The lowest BCUT2D eigenvalue weighted by Gasteiger charge is -2.30. The first-order chi connectivity index (χ1) is 12.7. The molecule has 26 heavy (non-hydrogen) atoms. The van der Waals surface area contributed by atoms with E-state index in [2.05, 4.69) is 45.5 Å². The largest absolute Gasteiger partial charge is 0.352 e. The van der Waals surface area contributed by atoms with E-state index in [9.17, 15) is 0 Å². The average Bonchev–Trinajstić information content (AvgIpc) is 2.68. The van der Waals surface area contributed by atoms with Crippen LogP contribution in [-0.2, 0) is 13.0 Å². The molecule has 128 valence electrons. The fraction of sp³-hybridized carbons (Fsp3) is 0.190. The number of hydrogen-bond donors (Lipinski definition) is 1. The van der Waals surface area contributed by atoms with Crippen LogP contribution in [-0.4, -0.2) is 16.5 Å². The molecule has 4 rings (SSSR count). The van der Waals surface area contributed by atoms with E-state index in [4.69, 9.17) is 10.2 Å². The van der Waals surface area contributed by atoms with Gasteiger partial charge in [0.15, 0.2) is 0 Å². The molecule has 0 bridgehead atoms. The minimum Gasteiger partial charge on any atom is -0.352 e. The van der Waals surface area contributed by atoms with Gasteiger partial charge in [0.1, 0.15) is 5.82 Å². The summed E-state index contributed by atoms with van der Waals surface area (Å²) in [6.07, 6.45) is 1.03. The second kappa shape index (κ2) is 6.85. The molecule has 0 saturated carbocycles. The van der Waals surface area contributed by atoms with E-state index >= 15 is 0 Å². The predicted molar refractivity (Wildman–Crippen MR) is 102 cm³/mol. The second-order valence-corrected chi connectivity index (χ2v) is 6.45. The molecule has 0 spiro atoms. The van der Waals surface area contributed by atoms with Gasteiger partial charge in [-0.05, 0) is 48.7 Å². The lowest BCUT2D eigenvalue weighted by Crippen LogP contribution is -2.31. The summed E-state index contributed by atoms with van der Waals surface area (Å²) in [4.78, 5) is 11.5. The average molecular weight is 341 g/mol. The molecule has 1 N–H and O–H groups in total. The van der Waals surface area contributed by atoms with Crippen molar-refractivity contribution in [2.75, 3.05) is 16.8 Å². The first-order valence-electron chi connectivity index (χ1n) is 8.66. The van der Waals surface area contributed by atoms with Crippen LogP contribution >= 0.6 is 0 Å². The van der Waals surface area contributed by atoms with E-state index in [1.807, 2.05) is 25.1 Å². The van der Waals surface area contributed by atoms with E-state index in [0.29, 0.717) is 11.5 Å². The Bertz CT molecular complexity index is 972. The Morgan fingerprint density at radius 3 is 2.58 bits per heavy atom. The number of nitriles is 1. The van der Waals surface area contributed by atoms with Crippen molar-refractivity contribution in [3.8, 4) is 6.07 Å². The Kier molecular flexibility index (Phi) is 4.24. The number of fused-ring (bicyclic) bond motifs is 1. The molecule has 2 heterocycles. The molecule has 5 heteroatoms. The zero-order valence-corrected chi connectivity index (χ0v) is 14.6. The van der Waals surface area contributed by atoms with Gasteiger partial charge in [0.25, 0.3) is 0 Å². The van der Waals surface area contributed by atoms with Crippen molar-refractivity contribution in [1.82, 2.24) is 9.97 Å². The first-order valence-corrected chi connectivity index (χ1v) is 8.66. The minimum absolute atomic E-state index is 0.573. The van der Waals surface area contributed by atoms with Gasteiger partial charge in [-0.1, -0.05) is 24.3 Å². The van der Waals surface area contributed by atoms with E-state index in [1.165, 1.54) is 11.1 Å². The molecule has 0 radical (unpaired) electrons. The third kappa shape index (κ3) is 3.35. The van der Waals surface area contributed by atoms with Crippen LogP contribution in [0.25, 0.3) is 0 Å². The highest BCUT2D eigenvalue weighted by molar-refractivity contribution is 5.57. The smallest absolute Gasteiger partial charge is 0.229 e. The van der Waals surface area contributed by atoms with Crippen LogP contribution in [0, 0.1) is 18.3 Å². The zero-order valence-electron chi connectivity index (χ0n) is 14.6. The zero-order chi connectivity index (χ0) is 17.9. The van der Waals surface area contributed by atoms with Gasteiger partial charge in [-0.25, -0.2) is 4.98 Å². The highest BCUT2D eigenvalue weighted by Gasteiger charge is 2.18. The summed E-state index contributed by atoms with van der Waals surface area (Å²) in [7, 11) is 0. The van der Waals surface area contributed by atoms with Gasteiger partial charge in [0, 0.05) is 30.5 Å². The Hall–Kier alpha value is -3.39. The van der Waals surface area contributed by atoms with Gasteiger partial charge >= 0.3 is 0 Å². The molecule has 3 aromatic rings. The summed E-state index contributed by atoms with van der Waals surface area (Å²) in [5.41, 5.74) is 5.20. The van der Waals surface area contributed by atoms with Crippen molar-refractivity contribution in [3.63, 3.8) is 0 Å². The van der Waals surface area contributed by atoms with Crippen molar-refractivity contribution in [2.24, 2.45) is 0 Å². The van der Waals surface area contributed by atoms with E-state index in [1.54, 1.807) is 12.1 Å². The van der Waals surface area contributed by atoms with Crippen molar-refractivity contribution in [3.05, 3.63) is 77.0 Å². The maximum Gasteiger partial charge on any atom is 0.229 e. The molecule has 0 saturated heterocycles. The molecule has 0 aliphatic carbocycles. The van der Waals surface area contributed by atoms with Crippen molar-refractivity contribution >= 4 is 17.5 Å². The first kappa shape index (κ1) is 16.1. The summed E-state index contributed by atoms with van der Waals surface area (Å²) in [5, 5.41) is 12.1. The summed E-state index contributed by atoms with van der Waals surface area (Å²) >= 11 is 0. The molecule has 5 nitrogen and oxygen atoms in total. The molecule has 0 amide bonds. The van der Waals surface area contributed by atoms with Crippen LogP contribution in [0.1, 0.15) is 22.4 Å².